The molecule has 0 fully saturated rings. The van der Waals surface area contributed by atoms with Crippen molar-refractivity contribution in [2.75, 3.05) is 17.2 Å². The molecule has 0 aliphatic carbocycles. The maximum atomic E-state index is 5.92. The van der Waals surface area contributed by atoms with Crippen molar-refractivity contribution in [1.82, 2.24) is 9.97 Å². The Hall–Kier alpha value is -1.32. The van der Waals surface area contributed by atoms with Crippen LogP contribution in [-0.4, -0.2) is 22.6 Å². The summed E-state index contributed by atoms with van der Waals surface area (Å²) in [5, 5.41) is 0. The number of hydrogen-bond acceptors (Lipinski definition) is 4. The molecule has 0 spiro atoms. The van der Waals surface area contributed by atoms with Gasteiger partial charge >= 0.3 is 0 Å². The average Bonchev–Trinajstić information content (AvgIpc) is 2.31. The summed E-state index contributed by atoms with van der Waals surface area (Å²) in [4.78, 5) is 10.5. The lowest BCUT2D eigenvalue weighted by Crippen LogP contribution is -2.34. The van der Waals surface area contributed by atoms with E-state index >= 15 is 0 Å². The molecule has 0 aliphatic rings. The largest absolute Gasteiger partial charge is 0.394 e. The first-order chi connectivity index (χ1) is 7.70. The van der Waals surface area contributed by atoms with Crippen molar-refractivity contribution in [2.24, 2.45) is 0 Å². The van der Waals surface area contributed by atoms with E-state index in [0.29, 0.717) is 11.7 Å². The maximum Gasteiger partial charge on any atom is 0.155 e. The third-order valence-corrected chi connectivity index (χ3v) is 2.87. The fourth-order valence-electron chi connectivity index (χ4n) is 1.66. The Morgan fingerprint density at radius 2 is 2.19 bits per heavy atom. The minimum Gasteiger partial charge on any atom is -0.394 e. The van der Waals surface area contributed by atoms with Crippen LogP contribution in [0.5, 0.6) is 0 Å². The highest BCUT2D eigenvalue weighted by Gasteiger charge is 2.15. The quantitative estimate of drug-likeness (QED) is 0.803. The second-order valence-corrected chi connectivity index (χ2v) is 4.11. The van der Waals surface area contributed by atoms with Gasteiger partial charge in [0.05, 0.1) is 11.9 Å². The van der Waals surface area contributed by atoms with Crippen LogP contribution in [0.1, 0.15) is 40.0 Å². The summed E-state index contributed by atoms with van der Waals surface area (Å²) < 4.78 is 0. The number of anilines is 2. The molecule has 1 aromatic rings. The van der Waals surface area contributed by atoms with E-state index in [1.54, 1.807) is 12.5 Å². The summed E-state index contributed by atoms with van der Waals surface area (Å²) in [6.07, 6.45) is 6.66. The van der Waals surface area contributed by atoms with Gasteiger partial charge in [0.2, 0.25) is 0 Å². The maximum absolute atomic E-state index is 5.92. The van der Waals surface area contributed by atoms with Gasteiger partial charge in [-0.25, -0.2) is 9.97 Å². The Labute approximate surface area is 97.9 Å². The third kappa shape index (κ3) is 3.08. The standard InChI is InChI=1S/C12H22N4/c1-4-6-7-16(10(3)5-2)12-11(13)8-14-9-15-12/h8-10H,4-7,13H2,1-3H3. The minimum absolute atomic E-state index is 0.462. The predicted octanol–water partition coefficient (Wildman–Crippen LogP) is 2.46. The van der Waals surface area contributed by atoms with Crippen LogP contribution < -0.4 is 10.6 Å². The number of nitrogens with two attached hydrogens (primary N) is 1. The van der Waals surface area contributed by atoms with Crippen molar-refractivity contribution in [2.45, 2.75) is 46.1 Å². The summed E-state index contributed by atoms with van der Waals surface area (Å²) in [6, 6.07) is 0.462. The van der Waals surface area contributed by atoms with E-state index in [1.807, 2.05) is 0 Å². The molecule has 1 rings (SSSR count). The van der Waals surface area contributed by atoms with Crippen LogP contribution in [0.25, 0.3) is 0 Å². The smallest absolute Gasteiger partial charge is 0.155 e. The molecule has 1 heterocycles. The van der Waals surface area contributed by atoms with Crippen molar-refractivity contribution in [3.8, 4) is 0 Å². The van der Waals surface area contributed by atoms with E-state index in [2.05, 4.69) is 35.6 Å². The topological polar surface area (TPSA) is 55.0 Å². The molecule has 1 atom stereocenters. The van der Waals surface area contributed by atoms with E-state index in [-0.39, 0.29) is 0 Å². The highest BCUT2D eigenvalue weighted by Crippen LogP contribution is 2.22. The van der Waals surface area contributed by atoms with Gasteiger partial charge in [0.25, 0.3) is 0 Å². The third-order valence-electron chi connectivity index (χ3n) is 2.87. The number of aromatic nitrogens is 2. The molecule has 1 aromatic heterocycles. The highest BCUT2D eigenvalue weighted by atomic mass is 15.2. The van der Waals surface area contributed by atoms with Crippen molar-refractivity contribution >= 4 is 11.5 Å². The lowest BCUT2D eigenvalue weighted by atomic mass is 10.2. The zero-order valence-corrected chi connectivity index (χ0v) is 10.5. The SMILES string of the molecule is CCCCN(c1ncncc1N)C(C)CC. The molecule has 0 aromatic carbocycles. The van der Waals surface area contributed by atoms with Gasteiger partial charge < -0.3 is 10.6 Å². The summed E-state index contributed by atoms with van der Waals surface area (Å²) in [7, 11) is 0. The first kappa shape index (κ1) is 12.7. The van der Waals surface area contributed by atoms with Gasteiger partial charge in [-0.1, -0.05) is 20.3 Å². The second-order valence-electron chi connectivity index (χ2n) is 4.11. The molecule has 90 valence electrons. The average molecular weight is 222 g/mol. The Morgan fingerprint density at radius 1 is 1.44 bits per heavy atom. The molecule has 4 nitrogen and oxygen atoms in total. The van der Waals surface area contributed by atoms with E-state index in [0.717, 1.165) is 25.2 Å². The highest BCUT2D eigenvalue weighted by molar-refractivity contribution is 5.61. The Morgan fingerprint density at radius 3 is 2.75 bits per heavy atom. The summed E-state index contributed by atoms with van der Waals surface area (Å²) in [5.74, 6) is 0.873. The molecule has 0 saturated carbocycles. The van der Waals surface area contributed by atoms with Crippen LogP contribution in [0.15, 0.2) is 12.5 Å². The van der Waals surface area contributed by atoms with Crippen LogP contribution in [-0.2, 0) is 0 Å². The van der Waals surface area contributed by atoms with Crippen LogP contribution in [0.4, 0.5) is 11.5 Å². The fourth-order valence-corrected chi connectivity index (χ4v) is 1.66. The molecule has 16 heavy (non-hydrogen) atoms. The molecular formula is C12H22N4. The zero-order chi connectivity index (χ0) is 12.0. The molecule has 0 saturated heterocycles. The van der Waals surface area contributed by atoms with Crippen molar-refractivity contribution < 1.29 is 0 Å². The monoisotopic (exact) mass is 222 g/mol. The number of rotatable bonds is 6. The van der Waals surface area contributed by atoms with Gasteiger partial charge in [0.15, 0.2) is 5.82 Å². The minimum atomic E-state index is 0.462. The Bertz CT molecular complexity index is 314. The van der Waals surface area contributed by atoms with Crippen LogP contribution in [0, 0.1) is 0 Å². The van der Waals surface area contributed by atoms with E-state index < -0.39 is 0 Å². The molecule has 0 radical (unpaired) electrons. The van der Waals surface area contributed by atoms with Gasteiger partial charge in [-0.3, -0.25) is 0 Å². The Balaban J connectivity index is 2.87. The number of unbranched alkanes of at least 4 members (excludes halogenated alkanes) is 1. The first-order valence-corrected chi connectivity index (χ1v) is 6.02. The first-order valence-electron chi connectivity index (χ1n) is 6.02. The molecular weight excluding hydrogens is 200 g/mol. The van der Waals surface area contributed by atoms with Crippen LogP contribution >= 0.6 is 0 Å². The van der Waals surface area contributed by atoms with E-state index in [4.69, 9.17) is 5.73 Å². The van der Waals surface area contributed by atoms with Gasteiger partial charge in [-0.05, 0) is 19.8 Å². The second kappa shape index (κ2) is 6.30. The molecule has 1 unspecified atom stereocenters. The molecule has 4 heteroatoms. The van der Waals surface area contributed by atoms with Crippen LogP contribution in [0.2, 0.25) is 0 Å². The van der Waals surface area contributed by atoms with E-state index in [9.17, 15) is 0 Å². The lowest BCUT2D eigenvalue weighted by molar-refractivity contribution is 0.590. The van der Waals surface area contributed by atoms with Gasteiger partial charge in [-0.2, -0.15) is 0 Å². The predicted molar refractivity (Wildman–Crippen MR) is 68.5 cm³/mol. The summed E-state index contributed by atoms with van der Waals surface area (Å²) in [6.45, 7) is 7.59. The molecule has 0 aliphatic heterocycles. The van der Waals surface area contributed by atoms with Crippen LogP contribution in [0.3, 0.4) is 0 Å². The number of nitrogen functional groups attached to an aromatic ring is 1. The summed E-state index contributed by atoms with van der Waals surface area (Å²) >= 11 is 0. The molecule has 0 bridgehead atoms. The number of nitrogens with zero attached hydrogens (tertiary/aromatic N) is 3. The lowest BCUT2D eigenvalue weighted by Gasteiger charge is -2.30. The zero-order valence-electron chi connectivity index (χ0n) is 10.5. The number of hydrogen-bond donors (Lipinski definition) is 1. The van der Waals surface area contributed by atoms with Crippen molar-refractivity contribution in [1.29, 1.82) is 0 Å². The van der Waals surface area contributed by atoms with Gasteiger partial charge in [0, 0.05) is 12.6 Å². The van der Waals surface area contributed by atoms with Gasteiger partial charge in [0.1, 0.15) is 6.33 Å². The molecule has 2 N–H and O–H groups in total. The van der Waals surface area contributed by atoms with Crippen molar-refractivity contribution in [3.63, 3.8) is 0 Å². The summed E-state index contributed by atoms with van der Waals surface area (Å²) in [5.41, 5.74) is 6.58. The normalized spacial score (nSPS) is 12.4. The molecule has 0 amide bonds. The Kier molecular flexibility index (Phi) is 5.02. The fraction of sp³-hybridized carbons (Fsp3) is 0.667. The van der Waals surface area contributed by atoms with E-state index in [1.165, 1.54) is 6.42 Å². The van der Waals surface area contributed by atoms with Gasteiger partial charge in [-0.15, -0.1) is 0 Å². The van der Waals surface area contributed by atoms with Crippen molar-refractivity contribution in [3.05, 3.63) is 12.5 Å².